The molecule has 0 saturated heterocycles. The predicted molar refractivity (Wildman–Crippen MR) is 93.2 cm³/mol. The van der Waals surface area contributed by atoms with E-state index in [0.717, 1.165) is 35.6 Å². The quantitative estimate of drug-likeness (QED) is 0.717. The Morgan fingerprint density at radius 3 is 2.61 bits per heavy atom. The molecular weight excluding hydrogens is 328 g/mol. The number of rotatable bonds is 3. The second-order valence-corrected chi connectivity index (χ2v) is 6.76. The van der Waals surface area contributed by atoms with E-state index in [4.69, 9.17) is 11.6 Å². The lowest BCUT2D eigenvalue weighted by Crippen LogP contribution is -2.30. The Bertz CT molecular complexity index is 818. The number of fused-ring (bicyclic) bond motifs is 1. The van der Waals surface area contributed by atoms with E-state index < -0.39 is 0 Å². The first-order chi connectivity index (χ1) is 11.3. The summed E-state index contributed by atoms with van der Waals surface area (Å²) in [5.74, 6) is 1.74. The van der Waals surface area contributed by atoms with Crippen molar-refractivity contribution >= 4 is 23.4 Å². The summed E-state index contributed by atoms with van der Waals surface area (Å²) >= 11 is 8.03. The minimum atomic E-state index is 0.702. The van der Waals surface area contributed by atoms with Crippen LogP contribution in [0.1, 0.15) is 5.56 Å². The van der Waals surface area contributed by atoms with E-state index in [-0.39, 0.29) is 0 Å². The van der Waals surface area contributed by atoms with Crippen molar-refractivity contribution in [3.8, 4) is 11.4 Å². The summed E-state index contributed by atoms with van der Waals surface area (Å²) < 4.78 is 2.14. The van der Waals surface area contributed by atoms with Gasteiger partial charge in [0.2, 0.25) is 0 Å². The van der Waals surface area contributed by atoms with Gasteiger partial charge in [-0.25, -0.2) is 0 Å². The Morgan fingerprint density at radius 2 is 1.78 bits per heavy atom. The predicted octanol–water partition coefficient (Wildman–Crippen LogP) is 4.12. The van der Waals surface area contributed by atoms with Crippen molar-refractivity contribution in [1.82, 2.24) is 19.7 Å². The molecular formula is C17H15ClN4S. The maximum absolute atomic E-state index is 6.32. The zero-order valence-corrected chi connectivity index (χ0v) is 14.0. The van der Waals surface area contributed by atoms with Crippen LogP contribution in [0.4, 0.5) is 0 Å². The maximum atomic E-state index is 6.32. The second kappa shape index (κ2) is 6.35. The molecule has 0 aliphatic carbocycles. The van der Waals surface area contributed by atoms with Crippen LogP contribution in [0, 0.1) is 0 Å². The van der Waals surface area contributed by atoms with Crippen LogP contribution in [0.2, 0.25) is 5.02 Å². The van der Waals surface area contributed by atoms with E-state index in [1.165, 1.54) is 5.56 Å². The molecule has 0 atom stereocenters. The molecule has 0 N–H and O–H groups in total. The number of hydrogen-bond donors (Lipinski definition) is 0. The van der Waals surface area contributed by atoms with Crippen LogP contribution in [0.15, 0.2) is 59.8 Å². The monoisotopic (exact) mass is 342 g/mol. The standard InChI is InChI=1S/C17H15ClN4S/c18-15-9-5-4-8-14(15)16-19-20-17-22(16)11-21(12-23-17)10-13-6-2-1-3-7-13/h1-9H,10-12H2. The van der Waals surface area contributed by atoms with Gasteiger partial charge in [0.15, 0.2) is 11.0 Å². The Balaban J connectivity index is 1.62. The number of hydrogen-bond acceptors (Lipinski definition) is 4. The van der Waals surface area contributed by atoms with Crippen molar-refractivity contribution < 1.29 is 0 Å². The van der Waals surface area contributed by atoms with Crippen LogP contribution >= 0.6 is 23.4 Å². The average Bonchev–Trinajstić information content (AvgIpc) is 2.99. The van der Waals surface area contributed by atoms with E-state index in [2.05, 4.69) is 43.9 Å². The van der Waals surface area contributed by atoms with E-state index in [9.17, 15) is 0 Å². The summed E-state index contributed by atoms with van der Waals surface area (Å²) in [6, 6.07) is 18.3. The summed E-state index contributed by atoms with van der Waals surface area (Å²) in [4.78, 5) is 2.37. The van der Waals surface area contributed by atoms with Crippen LogP contribution in [-0.2, 0) is 13.2 Å². The van der Waals surface area contributed by atoms with Gasteiger partial charge in [-0.05, 0) is 17.7 Å². The normalized spacial score (nSPS) is 14.7. The van der Waals surface area contributed by atoms with Crippen LogP contribution in [0.5, 0.6) is 0 Å². The average molecular weight is 343 g/mol. The van der Waals surface area contributed by atoms with Crippen molar-refractivity contribution in [1.29, 1.82) is 0 Å². The molecule has 2 aromatic carbocycles. The van der Waals surface area contributed by atoms with Crippen molar-refractivity contribution in [2.45, 2.75) is 18.4 Å². The van der Waals surface area contributed by atoms with Gasteiger partial charge in [-0.2, -0.15) is 0 Å². The molecule has 3 aromatic rings. The van der Waals surface area contributed by atoms with Gasteiger partial charge in [0.25, 0.3) is 0 Å². The lowest BCUT2D eigenvalue weighted by Gasteiger charge is -2.27. The van der Waals surface area contributed by atoms with E-state index in [1.54, 1.807) is 11.8 Å². The van der Waals surface area contributed by atoms with Gasteiger partial charge < -0.3 is 0 Å². The highest BCUT2D eigenvalue weighted by molar-refractivity contribution is 7.99. The van der Waals surface area contributed by atoms with E-state index in [1.807, 2.05) is 30.3 Å². The van der Waals surface area contributed by atoms with Crippen molar-refractivity contribution in [2.24, 2.45) is 0 Å². The third-order valence-corrected chi connectivity index (χ3v) is 5.18. The van der Waals surface area contributed by atoms with Gasteiger partial charge in [-0.1, -0.05) is 65.8 Å². The molecule has 0 spiro atoms. The fourth-order valence-corrected chi connectivity index (χ4v) is 3.78. The van der Waals surface area contributed by atoms with Crippen molar-refractivity contribution in [2.75, 3.05) is 5.88 Å². The van der Waals surface area contributed by atoms with Gasteiger partial charge in [0, 0.05) is 12.1 Å². The van der Waals surface area contributed by atoms with E-state index >= 15 is 0 Å². The first-order valence-corrected chi connectivity index (χ1v) is 8.75. The molecule has 4 nitrogen and oxygen atoms in total. The van der Waals surface area contributed by atoms with Crippen molar-refractivity contribution in [3.05, 3.63) is 65.2 Å². The summed E-state index contributed by atoms with van der Waals surface area (Å²) in [6.07, 6.45) is 0. The molecule has 2 heterocycles. The highest BCUT2D eigenvalue weighted by Crippen LogP contribution is 2.32. The van der Waals surface area contributed by atoms with Gasteiger partial charge in [-0.3, -0.25) is 9.47 Å². The smallest absolute Gasteiger partial charge is 0.193 e. The van der Waals surface area contributed by atoms with Crippen LogP contribution in [0.3, 0.4) is 0 Å². The van der Waals surface area contributed by atoms with Gasteiger partial charge >= 0.3 is 0 Å². The molecule has 0 saturated carbocycles. The number of nitrogens with zero attached hydrogens (tertiary/aromatic N) is 4. The van der Waals surface area contributed by atoms with Gasteiger partial charge in [0.05, 0.1) is 17.6 Å². The lowest BCUT2D eigenvalue weighted by atomic mass is 10.2. The minimum Gasteiger partial charge on any atom is -0.288 e. The maximum Gasteiger partial charge on any atom is 0.193 e. The molecule has 23 heavy (non-hydrogen) atoms. The first kappa shape index (κ1) is 14.8. The third kappa shape index (κ3) is 3.00. The number of benzene rings is 2. The molecule has 116 valence electrons. The molecule has 0 radical (unpaired) electrons. The molecule has 0 amide bonds. The molecule has 0 fully saturated rings. The number of thioether (sulfide) groups is 1. The molecule has 1 aromatic heterocycles. The molecule has 0 unspecified atom stereocenters. The SMILES string of the molecule is Clc1ccccc1-c1nnc2n1CN(Cc1ccccc1)CS2. The highest BCUT2D eigenvalue weighted by Gasteiger charge is 2.23. The van der Waals surface area contributed by atoms with Gasteiger partial charge in [-0.15, -0.1) is 10.2 Å². The fraction of sp³-hybridized carbons (Fsp3) is 0.176. The zero-order chi connectivity index (χ0) is 15.6. The summed E-state index contributed by atoms with van der Waals surface area (Å²) in [5.41, 5.74) is 2.24. The summed E-state index contributed by atoms with van der Waals surface area (Å²) in [6.45, 7) is 1.68. The van der Waals surface area contributed by atoms with Crippen LogP contribution in [-0.4, -0.2) is 25.5 Å². The summed E-state index contributed by atoms with van der Waals surface area (Å²) in [5, 5.41) is 10.3. The van der Waals surface area contributed by atoms with Gasteiger partial charge in [0.1, 0.15) is 0 Å². The molecule has 1 aliphatic rings. The minimum absolute atomic E-state index is 0.702. The molecule has 1 aliphatic heterocycles. The highest BCUT2D eigenvalue weighted by atomic mass is 35.5. The molecule has 6 heteroatoms. The second-order valence-electron chi connectivity index (χ2n) is 5.44. The Labute approximate surface area is 144 Å². The molecule has 4 rings (SSSR count). The first-order valence-electron chi connectivity index (χ1n) is 7.38. The Hall–Kier alpha value is -1.82. The van der Waals surface area contributed by atoms with Crippen molar-refractivity contribution in [3.63, 3.8) is 0 Å². The lowest BCUT2D eigenvalue weighted by molar-refractivity contribution is 0.231. The largest absolute Gasteiger partial charge is 0.288 e. The van der Waals surface area contributed by atoms with Crippen LogP contribution < -0.4 is 0 Å². The number of halogens is 1. The zero-order valence-electron chi connectivity index (χ0n) is 12.4. The van der Waals surface area contributed by atoms with E-state index in [0.29, 0.717) is 5.02 Å². The molecule has 0 bridgehead atoms. The third-order valence-electron chi connectivity index (χ3n) is 3.80. The Morgan fingerprint density at radius 1 is 1.00 bits per heavy atom. The summed E-state index contributed by atoms with van der Waals surface area (Å²) in [7, 11) is 0. The van der Waals surface area contributed by atoms with Crippen LogP contribution in [0.25, 0.3) is 11.4 Å². The fourth-order valence-electron chi connectivity index (χ4n) is 2.69. The number of aromatic nitrogens is 3. The topological polar surface area (TPSA) is 34.0 Å². The Kier molecular flexibility index (Phi) is 4.08.